The van der Waals surface area contributed by atoms with Crippen LogP contribution < -0.4 is 9.82 Å². The molecule has 15 heteroatoms. The monoisotopic (exact) mass is 579 g/mol. The first-order valence-electron chi connectivity index (χ1n) is 12.3. The van der Waals surface area contributed by atoms with Gasteiger partial charge in [0.1, 0.15) is 36.3 Å². The Kier molecular flexibility index (Phi) is 7.98. The minimum atomic E-state index is -3.54. The number of nitrogens with one attached hydrogen (secondary N) is 1. The number of aromatic nitrogens is 4. The summed E-state index contributed by atoms with van der Waals surface area (Å²) < 4.78 is 37.3. The van der Waals surface area contributed by atoms with Crippen molar-refractivity contribution in [1.82, 2.24) is 24.6 Å². The molecule has 0 bridgehead atoms. The summed E-state index contributed by atoms with van der Waals surface area (Å²) in [6, 6.07) is 8.46. The van der Waals surface area contributed by atoms with Crippen LogP contribution in [0.4, 0.5) is 0 Å². The number of fused-ring (bicyclic) bond motifs is 1. The van der Waals surface area contributed by atoms with E-state index in [0.717, 1.165) is 16.9 Å². The summed E-state index contributed by atoms with van der Waals surface area (Å²) in [6.07, 6.45) is -1.67. The molecule has 2 saturated heterocycles. The molecule has 0 radical (unpaired) electrons. The molecule has 0 saturated carbocycles. The van der Waals surface area contributed by atoms with Crippen molar-refractivity contribution < 1.29 is 38.3 Å². The standard InChI is InChI=1S/C24H30N5O8PS/c1-14-26-20-18(21(27-14)34-3)25-13-29(20)23-24(2,32)19(30)17(37-23)12-36-38(33)28-16(9-10-39-38)22(31)35-11-15-7-5-4-6-8-15/h4-8,13,16-17,19,23,30,32H,9-12H2,1-3H3,(H,28,33)/t16?,17-,19-,23-,24-,38?/m1/s1. The fourth-order valence-electron chi connectivity index (χ4n) is 4.52. The van der Waals surface area contributed by atoms with E-state index in [1.165, 1.54) is 24.9 Å². The molecule has 2 aliphatic heterocycles. The normalized spacial score (nSPS) is 30.9. The Morgan fingerprint density at radius 1 is 1.33 bits per heavy atom. The topological polar surface area (TPSA) is 167 Å². The maximum absolute atomic E-state index is 13.4. The summed E-state index contributed by atoms with van der Waals surface area (Å²) in [5, 5.41) is 24.9. The van der Waals surface area contributed by atoms with Gasteiger partial charge in [-0.05, 0) is 25.8 Å². The van der Waals surface area contributed by atoms with E-state index >= 15 is 0 Å². The molecule has 210 valence electrons. The molecule has 3 aromatic rings. The third-order valence-electron chi connectivity index (χ3n) is 6.60. The van der Waals surface area contributed by atoms with Gasteiger partial charge in [-0.1, -0.05) is 41.7 Å². The minimum Gasteiger partial charge on any atom is -0.479 e. The molecule has 39 heavy (non-hydrogen) atoms. The van der Waals surface area contributed by atoms with Crippen molar-refractivity contribution in [3.63, 3.8) is 0 Å². The second-order valence-electron chi connectivity index (χ2n) is 9.49. The van der Waals surface area contributed by atoms with Crippen molar-refractivity contribution in [2.75, 3.05) is 19.5 Å². The highest BCUT2D eigenvalue weighted by molar-refractivity contribution is 8.56. The average Bonchev–Trinajstić information content (AvgIpc) is 3.43. The zero-order valence-electron chi connectivity index (χ0n) is 21.6. The number of esters is 1. The third kappa shape index (κ3) is 5.68. The van der Waals surface area contributed by atoms with Crippen LogP contribution in [0, 0.1) is 6.92 Å². The van der Waals surface area contributed by atoms with Gasteiger partial charge in [0.2, 0.25) is 5.88 Å². The molecule has 13 nitrogen and oxygen atoms in total. The van der Waals surface area contributed by atoms with E-state index in [2.05, 4.69) is 20.0 Å². The Hall–Kier alpha value is -2.58. The van der Waals surface area contributed by atoms with Crippen molar-refractivity contribution >= 4 is 35.2 Å². The van der Waals surface area contributed by atoms with Gasteiger partial charge in [0.15, 0.2) is 17.4 Å². The number of nitrogens with zero attached hydrogens (tertiary/aromatic N) is 4. The second-order valence-corrected chi connectivity index (χ2v) is 13.9. The lowest BCUT2D eigenvalue weighted by atomic mass is 9.96. The summed E-state index contributed by atoms with van der Waals surface area (Å²) in [5.74, 6) is 0.577. The number of rotatable bonds is 8. The SMILES string of the molecule is COc1nc(C)nc2c1ncn2[C@@H]1O[C@H](COP2(=O)NC(C(=O)OCc3ccccc3)CCS2)[C@@H](O)[C@@]1(C)O. The Morgan fingerprint density at radius 3 is 2.85 bits per heavy atom. The van der Waals surface area contributed by atoms with Crippen LogP contribution in [-0.2, 0) is 30.0 Å². The van der Waals surface area contributed by atoms with Crippen LogP contribution in [-0.4, -0.2) is 79.0 Å². The number of carbonyl (C=O) groups is 1. The Labute approximate surface area is 228 Å². The molecular formula is C24H30N5O8PS. The average molecular weight is 580 g/mol. The van der Waals surface area contributed by atoms with Crippen LogP contribution in [0.5, 0.6) is 5.88 Å². The molecule has 0 aliphatic carbocycles. The van der Waals surface area contributed by atoms with E-state index in [9.17, 15) is 19.6 Å². The number of hydrogen-bond donors (Lipinski definition) is 3. The summed E-state index contributed by atoms with van der Waals surface area (Å²) in [4.78, 5) is 25.5. The molecule has 2 fully saturated rings. The van der Waals surface area contributed by atoms with Crippen molar-refractivity contribution in [3.8, 4) is 5.88 Å². The van der Waals surface area contributed by atoms with Gasteiger partial charge in [0, 0.05) is 5.75 Å². The number of benzene rings is 1. The van der Waals surface area contributed by atoms with Gasteiger partial charge < -0.3 is 28.9 Å². The number of methoxy groups -OCH3 is 1. The summed E-state index contributed by atoms with van der Waals surface area (Å²) in [5.41, 5.74) is -0.198. The van der Waals surface area contributed by atoms with E-state index in [1.54, 1.807) is 6.92 Å². The van der Waals surface area contributed by atoms with Crippen LogP contribution >= 0.6 is 18.1 Å². The zero-order valence-corrected chi connectivity index (χ0v) is 23.3. The van der Waals surface area contributed by atoms with Gasteiger partial charge in [0.05, 0.1) is 20.0 Å². The molecule has 0 amide bonds. The maximum atomic E-state index is 13.4. The van der Waals surface area contributed by atoms with E-state index < -0.39 is 42.8 Å². The number of ether oxygens (including phenoxy) is 3. The first kappa shape index (κ1) is 28.0. The molecule has 0 spiro atoms. The Morgan fingerprint density at radius 2 is 2.10 bits per heavy atom. The van der Waals surface area contributed by atoms with Crippen molar-refractivity contribution in [3.05, 3.63) is 48.0 Å². The highest BCUT2D eigenvalue weighted by Gasteiger charge is 2.54. The zero-order chi connectivity index (χ0) is 27.8. The van der Waals surface area contributed by atoms with E-state index in [4.69, 9.17) is 18.7 Å². The smallest absolute Gasteiger partial charge is 0.327 e. The minimum absolute atomic E-state index is 0.105. The largest absolute Gasteiger partial charge is 0.479 e. The highest BCUT2D eigenvalue weighted by Crippen LogP contribution is 2.59. The van der Waals surface area contributed by atoms with Crippen molar-refractivity contribution in [1.29, 1.82) is 0 Å². The molecule has 3 N–H and O–H groups in total. The lowest BCUT2D eigenvalue weighted by Gasteiger charge is -2.29. The lowest BCUT2D eigenvalue weighted by molar-refractivity contribution is -0.147. The van der Waals surface area contributed by atoms with Crippen LogP contribution in [0.25, 0.3) is 11.2 Å². The number of hydrogen-bond acceptors (Lipinski definition) is 12. The van der Waals surface area contributed by atoms with Gasteiger partial charge in [-0.25, -0.2) is 15.1 Å². The molecule has 1 aromatic carbocycles. The van der Waals surface area contributed by atoms with Gasteiger partial charge >= 0.3 is 12.7 Å². The summed E-state index contributed by atoms with van der Waals surface area (Å²) in [6.45, 7) is -0.624. The van der Waals surface area contributed by atoms with E-state index in [1.807, 2.05) is 30.3 Å². The van der Waals surface area contributed by atoms with Gasteiger partial charge in [-0.2, -0.15) is 4.98 Å². The number of aliphatic hydroxyl groups excluding tert-OH is 1. The fourth-order valence-corrected chi connectivity index (χ4v) is 8.33. The number of imidazole rings is 1. The number of carbonyl (C=O) groups excluding carboxylic acids is 1. The molecule has 4 heterocycles. The van der Waals surface area contributed by atoms with Gasteiger partial charge in [-0.15, -0.1) is 0 Å². The fraction of sp³-hybridized carbons (Fsp3) is 0.500. The first-order chi connectivity index (χ1) is 18.6. The highest BCUT2D eigenvalue weighted by atomic mass is 32.7. The van der Waals surface area contributed by atoms with Crippen molar-refractivity contribution in [2.45, 2.75) is 57.0 Å². The molecule has 6 atom stereocenters. The van der Waals surface area contributed by atoms with Crippen LogP contribution in [0.15, 0.2) is 36.7 Å². The molecule has 2 unspecified atom stereocenters. The number of aliphatic hydroxyl groups is 2. The Balaban J connectivity index is 1.24. The molecule has 2 aliphatic rings. The predicted octanol–water partition coefficient (Wildman–Crippen LogP) is 2.12. The first-order valence-corrected chi connectivity index (χ1v) is 15.5. The third-order valence-corrected chi connectivity index (χ3v) is 10.7. The van der Waals surface area contributed by atoms with E-state index in [0.29, 0.717) is 29.2 Å². The van der Waals surface area contributed by atoms with Crippen LogP contribution in [0.3, 0.4) is 0 Å². The quantitative estimate of drug-likeness (QED) is 0.262. The molecular weight excluding hydrogens is 549 g/mol. The Bertz CT molecular complexity index is 1390. The maximum Gasteiger partial charge on any atom is 0.327 e. The summed E-state index contributed by atoms with van der Waals surface area (Å²) in [7, 11) is 1.46. The van der Waals surface area contributed by atoms with Gasteiger partial charge in [-0.3, -0.25) is 13.9 Å². The van der Waals surface area contributed by atoms with E-state index in [-0.39, 0.29) is 19.1 Å². The molecule has 2 aromatic heterocycles. The predicted molar refractivity (Wildman–Crippen MR) is 141 cm³/mol. The van der Waals surface area contributed by atoms with Gasteiger partial charge in [0.25, 0.3) is 0 Å². The van der Waals surface area contributed by atoms with Crippen molar-refractivity contribution in [2.24, 2.45) is 0 Å². The second kappa shape index (κ2) is 11.1. The van der Waals surface area contributed by atoms with Crippen LogP contribution in [0.2, 0.25) is 0 Å². The molecule has 5 rings (SSSR count). The van der Waals surface area contributed by atoms with Crippen LogP contribution in [0.1, 0.15) is 31.0 Å². The lowest BCUT2D eigenvalue weighted by Crippen LogP contribution is -2.44. The summed E-state index contributed by atoms with van der Waals surface area (Å²) >= 11 is 1.06. The number of aryl methyl sites for hydroxylation is 1.